The van der Waals surface area contributed by atoms with Crippen molar-refractivity contribution in [1.29, 1.82) is 0 Å². The topological polar surface area (TPSA) is 15.3 Å². The highest BCUT2D eigenvalue weighted by molar-refractivity contribution is 5.55. The number of benzene rings is 2. The summed E-state index contributed by atoms with van der Waals surface area (Å²) in [6, 6.07) is 18.2. The number of anilines is 2. The van der Waals surface area contributed by atoms with Crippen LogP contribution in [0, 0.1) is 23.7 Å². The number of hydrogen-bond donors (Lipinski definition) is 1. The lowest BCUT2D eigenvalue weighted by Crippen LogP contribution is -2.24. The predicted molar refractivity (Wildman–Crippen MR) is 144 cm³/mol. The fourth-order valence-electron chi connectivity index (χ4n) is 5.87. The van der Waals surface area contributed by atoms with Crippen molar-refractivity contribution in [3.05, 3.63) is 59.7 Å². The minimum absolute atomic E-state index is 0.944. The molecule has 0 unspecified atom stereocenters. The molecule has 0 radical (unpaired) electrons. The summed E-state index contributed by atoms with van der Waals surface area (Å²) in [6.45, 7) is 4.82. The van der Waals surface area contributed by atoms with Crippen LogP contribution in [0.25, 0.3) is 0 Å². The fourth-order valence-corrected chi connectivity index (χ4v) is 5.87. The molecule has 2 aliphatic carbocycles. The number of hydrogen-bond acceptors (Lipinski definition) is 2. The zero-order valence-corrected chi connectivity index (χ0v) is 21.4. The van der Waals surface area contributed by atoms with E-state index in [-0.39, 0.29) is 0 Å². The van der Waals surface area contributed by atoms with Gasteiger partial charge < -0.3 is 0 Å². The van der Waals surface area contributed by atoms with Crippen molar-refractivity contribution in [2.24, 2.45) is 23.7 Å². The highest BCUT2D eigenvalue weighted by Crippen LogP contribution is 2.32. The largest absolute Gasteiger partial charge is 0.299 e. The summed E-state index contributed by atoms with van der Waals surface area (Å²) >= 11 is 0. The van der Waals surface area contributed by atoms with E-state index in [0.29, 0.717) is 0 Å². The molecule has 180 valence electrons. The average Bonchev–Trinajstić information content (AvgIpc) is 2.84. The molecular weight excluding hydrogens is 400 g/mol. The third-order valence-electron chi connectivity index (χ3n) is 8.53. The van der Waals surface area contributed by atoms with Gasteiger partial charge in [0, 0.05) is 7.05 Å². The smallest absolute Gasteiger partial charge is 0.0568 e. The first kappa shape index (κ1) is 24.2. The summed E-state index contributed by atoms with van der Waals surface area (Å²) in [4.78, 5) is 0. The van der Waals surface area contributed by atoms with Gasteiger partial charge in [-0.3, -0.25) is 10.4 Å². The van der Waals surface area contributed by atoms with Gasteiger partial charge in [-0.25, -0.2) is 0 Å². The third kappa shape index (κ3) is 7.52. The Kier molecular flexibility index (Phi) is 8.75. The zero-order chi connectivity index (χ0) is 23.0. The Bertz CT molecular complexity index is 809. The van der Waals surface area contributed by atoms with Crippen LogP contribution < -0.4 is 10.4 Å². The lowest BCUT2D eigenvalue weighted by molar-refractivity contribution is 0.278. The Morgan fingerprint density at radius 1 is 0.636 bits per heavy atom. The van der Waals surface area contributed by atoms with Crippen LogP contribution in [0.4, 0.5) is 11.4 Å². The van der Waals surface area contributed by atoms with Gasteiger partial charge in [-0.15, -0.1) is 0 Å². The predicted octanol–water partition coefficient (Wildman–Crippen LogP) is 8.67. The monoisotopic (exact) mass is 446 g/mol. The molecule has 0 aromatic heterocycles. The van der Waals surface area contributed by atoms with Crippen molar-refractivity contribution >= 4 is 11.4 Å². The molecule has 0 amide bonds. The molecule has 2 fully saturated rings. The second-order valence-corrected chi connectivity index (χ2v) is 11.4. The number of hydrazine groups is 1. The van der Waals surface area contributed by atoms with Crippen molar-refractivity contribution in [3.8, 4) is 0 Å². The maximum atomic E-state index is 3.54. The minimum Gasteiger partial charge on any atom is -0.299 e. The van der Waals surface area contributed by atoms with Gasteiger partial charge >= 0.3 is 0 Å². The summed E-state index contributed by atoms with van der Waals surface area (Å²) in [5, 5.41) is 2.13. The van der Waals surface area contributed by atoms with Crippen LogP contribution in [0.15, 0.2) is 48.5 Å². The van der Waals surface area contributed by atoms with Crippen LogP contribution >= 0.6 is 0 Å². The van der Waals surface area contributed by atoms with Crippen molar-refractivity contribution in [3.63, 3.8) is 0 Å². The summed E-state index contributed by atoms with van der Waals surface area (Å²) in [7, 11) is 2.11. The van der Waals surface area contributed by atoms with E-state index >= 15 is 0 Å². The van der Waals surface area contributed by atoms with E-state index in [0.717, 1.165) is 29.4 Å². The minimum atomic E-state index is 0.944. The molecule has 0 atom stereocenters. The maximum Gasteiger partial charge on any atom is 0.0568 e. The van der Waals surface area contributed by atoms with Crippen LogP contribution in [0.5, 0.6) is 0 Å². The molecule has 2 aliphatic rings. The quantitative estimate of drug-likeness (QED) is 0.388. The van der Waals surface area contributed by atoms with E-state index in [9.17, 15) is 0 Å². The normalized spacial score (nSPS) is 25.5. The number of rotatable bonds is 9. The van der Waals surface area contributed by atoms with Crippen molar-refractivity contribution < 1.29 is 0 Å². The highest BCUT2D eigenvalue weighted by atomic mass is 15.5. The van der Waals surface area contributed by atoms with Gasteiger partial charge in [0.1, 0.15) is 0 Å². The average molecular weight is 447 g/mol. The van der Waals surface area contributed by atoms with Gasteiger partial charge in [0.25, 0.3) is 0 Å². The van der Waals surface area contributed by atoms with Crippen LogP contribution in [0.3, 0.4) is 0 Å². The first-order valence-electron chi connectivity index (χ1n) is 13.7. The van der Waals surface area contributed by atoms with Crippen LogP contribution in [0.1, 0.15) is 89.2 Å². The molecule has 2 heteroatoms. The standard InChI is InChI=1S/C31H46N2/c1-24-4-8-26(9-5-24)12-14-28-16-20-30(21-17-28)32-33(3)31-22-18-29(19-23-31)15-13-27-10-6-25(2)7-11-27/h16-27,32H,4-15H2,1-3H3. The molecule has 0 bridgehead atoms. The molecule has 2 nitrogen and oxygen atoms in total. The van der Waals surface area contributed by atoms with Gasteiger partial charge in [-0.2, -0.15) is 0 Å². The first-order valence-corrected chi connectivity index (χ1v) is 13.7. The summed E-state index contributed by atoms with van der Waals surface area (Å²) in [6.07, 6.45) is 16.6. The summed E-state index contributed by atoms with van der Waals surface area (Å²) in [5.74, 6) is 3.79. The van der Waals surface area contributed by atoms with E-state index in [1.807, 2.05) is 0 Å². The fraction of sp³-hybridized carbons (Fsp3) is 0.613. The second-order valence-electron chi connectivity index (χ2n) is 11.4. The van der Waals surface area contributed by atoms with Crippen LogP contribution in [0.2, 0.25) is 0 Å². The summed E-state index contributed by atoms with van der Waals surface area (Å²) < 4.78 is 0. The molecule has 2 saturated carbocycles. The van der Waals surface area contributed by atoms with Gasteiger partial charge in [0.2, 0.25) is 0 Å². The Morgan fingerprint density at radius 2 is 1.06 bits per heavy atom. The zero-order valence-electron chi connectivity index (χ0n) is 21.4. The number of nitrogens with zero attached hydrogens (tertiary/aromatic N) is 1. The van der Waals surface area contributed by atoms with Crippen molar-refractivity contribution in [2.75, 3.05) is 17.5 Å². The SMILES string of the molecule is CC1CCC(CCc2ccc(NN(C)c3ccc(CCC4CCC(C)CC4)cc3)cc2)CC1. The molecule has 0 spiro atoms. The van der Waals surface area contributed by atoms with Crippen molar-refractivity contribution in [2.45, 2.75) is 90.9 Å². The van der Waals surface area contributed by atoms with E-state index in [2.05, 4.69) is 79.9 Å². The van der Waals surface area contributed by atoms with E-state index in [1.165, 1.54) is 93.9 Å². The second kappa shape index (κ2) is 12.0. The lowest BCUT2D eigenvalue weighted by atomic mass is 9.80. The number of nitrogens with one attached hydrogen (secondary N) is 1. The lowest BCUT2D eigenvalue weighted by Gasteiger charge is -2.26. The molecule has 2 aromatic carbocycles. The van der Waals surface area contributed by atoms with E-state index in [4.69, 9.17) is 0 Å². The number of aryl methyl sites for hydroxylation is 2. The molecule has 0 aliphatic heterocycles. The molecular formula is C31H46N2. The summed E-state index contributed by atoms with van der Waals surface area (Å²) in [5.41, 5.74) is 8.85. The Hall–Kier alpha value is -1.96. The maximum absolute atomic E-state index is 3.54. The van der Waals surface area contributed by atoms with Crippen LogP contribution in [-0.4, -0.2) is 7.05 Å². The van der Waals surface area contributed by atoms with E-state index < -0.39 is 0 Å². The third-order valence-corrected chi connectivity index (χ3v) is 8.53. The highest BCUT2D eigenvalue weighted by Gasteiger charge is 2.18. The van der Waals surface area contributed by atoms with Gasteiger partial charge in [-0.05, 0) is 84.7 Å². The Balaban J connectivity index is 1.20. The van der Waals surface area contributed by atoms with Gasteiger partial charge in [-0.1, -0.05) is 89.5 Å². The van der Waals surface area contributed by atoms with Crippen LogP contribution in [-0.2, 0) is 12.8 Å². The molecule has 0 saturated heterocycles. The Morgan fingerprint density at radius 3 is 1.52 bits per heavy atom. The molecule has 33 heavy (non-hydrogen) atoms. The van der Waals surface area contributed by atoms with Gasteiger partial charge in [0.15, 0.2) is 0 Å². The first-order chi connectivity index (χ1) is 16.0. The van der Waals surface area contributed by atoms with Gasteiger partial charge in [0.05, 0.1) is 11.4 Å². The Labute approximate surface area is 203 Å². The molecule has 4 rings (SSSR count). The molecule has 0 heterocycles. The molecule has 1 N–H and O–H groups in total. The van der Waals surface area contributed by atoms with E-state index in [1.54, 1.807) is 0 Å². The van der Waals surface area contributed by atoms with Crippen molar-refractivity contribution in [1.82, 2.24) is 0 Å². The molecule has 2 aromatic rings.